The number of hydrogen-bond donors (Lipinski definition) is 0. The van der Waals surface area contributed by atoms with Gasteiger partial charge >= 0.3 is 0 Å². The first-order valence-corrected chi connectivity index (χ1v) is 11.8. The molecule has 0 radical (unpaired) electrons. The van der Waals surface area contributed by atoms with Crippen molar-refractivity contribution in [3.8, 4) is 11.9 Å². The fourth-order valence-electron chi connectivity index (χ4n) is 4.12. The highest BCUT2D eigenvalue weighted by Gasteiger charge is 2.15. The lowest BCUT2D eigenvalue weighted by atomic mass is 10.1. The van der Waals surface area contributed by atoms with Gasteiger partial charge in [-0.05, 0) is 70.7 Å². The molecule has 4 aromatic heterocycles. The Kier molecular flexibility index (Phi) is 6.51. The maximum Gasteiger partial charge on any atom is 0.256 e. The Bertz CT molecular complexity index is 1400. The molecule has 0 saturated carbocycles. The third kappa shape index (κ3) is 5.13. The van der Waals surface area contributed by atoms with Crippen molar-refractivity contribution in [2.45, 2.75) is 55.4 Å². The standard InChI is InChI=1S/C26H33N9/c1-15(2)22(27-24-17(4)10-16(3)14-33(24)9)13-23-28-25(34-20(7)11-18(5)31-34)30-26(29-23)35-21(8)12-19(6)32-35/h10-15H,1-9H3/b22-13-,27-24?. The van der Waals surface area contributed by atoms with Gasteiger partial charge in [-0.2, -0.15) is 25.1 Å². The first-order chi connectivity index (χ1) is 16.5. The van der Waals surface area contributed by atoms with Crippen molar-refractivity contribution in [1.82, 2.24) is 39.1 Å². The predicted octanol–water partition coefficient (Wildman–Crippen LogP) is 4.03. The van der Waals surface area contributed by atoms with Gasteiger partial charge < -0.3 is 4.57 Å². The van der Waals surface area contributed by atoms with Crippen molar-refractivity contribution in [2.75, 3.05) is 0 Å². The molecule has 0 aliphatic heterocycles. The molecule has 9 nitrogen and oxygen atoms in total. The van der Waals surface area contributed by atoms with Gasteiger partial charge in [0.15, 0.2) is 5.82 Å². The van der Waals surface area contributed by atoms with E-state index in [1.807, 2.05) is 53.0 Å². The maximum absolute atomic E-state index is 5.02. The summed E-state index contributed by atoms with van der Waals surface area (Å²) >= 11 is 0. The van der Waals surface area contributed by atoms with Crippen molar-refractivity contribution in [3.63, 3.8) is 0 Å². The minimum absolute atomic E-state index is 0.154. The molecule has 4 rings (SSSR count). The summed E-state index contributed by atoms with van der Waals surface area (Å²) in [6, 6.07) is 6.14. The molecule has 0 bridgehead atoms. The van der Waals surface area contributed by atoms with Crippen LogP contribution in [0, 0.1) is 47.5 Å². The van der Waals surface area contributed by atoms with Gasteiger partial charge in [0, 0.05) is 36.4 Å². The molecule has 0 saturated heterocycles. The van der Waals surface area contributed by atoms with Crippen LogP contribution >= 0.6 is 0 Å². The molecule has 4 heterocycles. The second-order valence-electron chi connectivity index (χ2n) is 9.44. The zero-order valence-corrected chi connectivity index (χ0v) is 22.0. The van der Waals surface area contributed by atoms with E-state index in [1.54, 1.807) is 9.36 Å². The van der Waals surface area contributed by atoms with Crippen LogP contribution in [0.3, 0.4) is 0 Å². The van der Waals surface area contributed by atoms with E-state index in [9.17, 15) is 0 Å². The van der Waals surface area contributed by atoms with Crippen LogP contribution < -0.4 is 5.49 Å². The fraction of sp³-hybridized carbons (Fsp3) is 0.385. The molecule has 0 unspecified atom stereocenters. The summed E-state index contributed by atoms with van der Waals surface area (Å²) in [5.41, 5.74) is 7.76. The Morgan fingerprint density at radius 1 is 0.829 bits per heavy atom. The summed E-state index contributed by atoms with van der Waals surface area (Å²) in [5, 5.41) is 9.17. The highest BCUT2D eigenvalue weighted by atomic mass is 15.4. The van der Waals surface area contributed by atoms with Crippen LogP contribution in [0.2, 0.25) is 0 Å². The van der Waals surface area contributed by atoms with Crippen molar-refractivity contribution >= 4 is 6.08 Å². The molecule has 182 valence electrons. The molecule has 4 aromatic rings. The van der Waals surface area contributed by atoms with Gasteiger partial charge in [0.2, 0.25) is 0 Å². The lowest BCUT2D eigenvalue weighted by Gasteiger charge is -2.11. The number of pyridine rings is 1. The Morgan fingerprint density at radius 2 is 1.37 bits per heavy atom. The molecule has 0 atom stereocenters. The number of aryl methyl sites for hydroxylation is 7. The second-order valence-corrected chi connectivity index (χ2v) is 9.44. The Hall–Kier alpha value is -3.88. The number of hydrogen-bond acceptors (Lipinski definition) is 6. The Balaban J connectivity index is 1.94. The Labute approximate surface area is 205 Å². The van der Waals surface area contributed by atoms with Gasteiger partial charge in [-0.25, -0.2) is 14.4 Å². The smallest absolute Gasteiger partial charge is 0.256 e. The number of rotatable bonds is 5. The quantitative estimate of drug-likeness (QED) is 0.438. The van der Waals surface area contributed by atoms with Gasteiger partial charge in [0.05, 0.1) is 11.4 Å². The van der Waals surface area contributed by atoms with Gasteiger partial charge in [-0.3, -0.25) is 0 Å². The molecule has 0 N–H and O–H groups in total. The summed E-state index contributed by atoms with van der Waals surface area (Å²) in [7, 11) is 2.02. The van der Waals surface area contributed by atoms with E-state index in [1.165, 1.54) is 5.56 Å². The minimum Gasteiger partial charge on any atom is -0.336 e. The van der Waals surface area contributed by atoms with E-state index in [2.05, 4.69) is 54.7 Å². The van der Waals surface area contributed by atoms with Crippen molar-refractivity contribution < 1.29 is 0 Å². The summed E-state index contributed by atoms with van der Waals surface area (Å²) in [5.74, 6) is 1.55. The zero-order valence-electron chi connectivity index (χ0n) is 22.0. The number of allylic oxidation sites excluding steroid dienone is 1. The molecule has 0 aliphatic rings. The van der Waals surface area contributed by atoms with E-state index >= 15 is 0 Å². The molecule has 0 aromatic carbocycles. The normalized spacial score (nSPS) is 12.7. The van der Waals surface area contributed by atoms with Crippen molar-refractivity contribution in [1.29, 1.82) is 0 Å². The van der Waals surface area contributed by atoms with Crippen molar-refractivity contribution in [3.05, 3.63) is 75.3 Å². The lowest BCUT2D eigenvalue weighted by molar-refractivity contribution is 0.709. The van der Waals surface area contributed by atoms with Crippen LogP contribution in [0.15, 0.2) is 35.1 Å². The summed E-state index contributed by atoms with van der Waals surface area (Å²) in [4.78, 5) is 19.2. The number of aromatic nitrogens is 8. The van der Waals surface area contributed by atoms with Crippen LogP contribution in [-0.4, -0.2) is 39.1 Å². The molecular weight excluding hydrogens is 438 g/mol. The molecule has 35 heavy (non-hydrogen) atoms. The van der Waals surface area contributed by atoms with Gasteiger partial charge in [0.1, 0.15) is 5.49 Å². The SMILES string of the molecule is Cc1cc(C)c(=N/C(=C\c2nc(-n3nc(C)cc3C)nc(-n3nc(C)cc3C)n2)C(C)C)n(C)c1. The zero-order chi connectivity index (χ0) is 25.4. The van der Waals surface area contributed by atoms with Gasteiger partial charge in [0.25, 0.3) is 11.9 Å². The highest BCUT2D eigenvalue weighted by molar-refractivity contribution is 5.47. The third-order valence-corrected chi connectivity index (χ3v) is 5.66. The van der Waals surface area contributed by atoms with Crippen LogP contribution in [0.5, 0.6) is 0 Å². The van der Waals surface area contributed by atoms with Gasteiger partial charge in [-0.15, -0.1) is 0 Å². The summed E-state index contributed by atoms with van der Waals surface area (Å²) in [6.07, 6.45) is 4.00. The first-order valence-electron chi connectivity index (χ1n) is 11.8. The largest absolute Gasteiger partial charge is 0.336 e. The number of nitrogens with zero attached hydrogens (tertiary/aromatic N) is 9. The summed E-state index contributed by atoms with van der Waals surface area (Å²) < 4.78 is 5.52. The van der Waals surface area contributed by atoms with Crippen LogP contribution in [0.1, 0.15) is 53.6 Å². The summed E-state index contributed by atoms with van der Waals surface area (Å²) in [6.45, 7) is 16.3. The van der Waals surface area contributed by atoms with E-state index in [0.29, 0.717) is 17.7 Å². The van der Waals surface area contributed by atoms with E-state index in [-0.39, 0.29) is 5.92 Å². The average molecular weight is 472 g/mol. The predicted molar refractivity (Wildman–Crippen MR) is 136 cm³/mol. The monoisotopic (exact) mass is 471 g/mol. The highest BCUT2D eigenvalue weighted by Crippen LogP contribution is 2.17. The molecule has 0 spiro atoms. The fourth-order valence-corrected chi connectivity index (χ4v) is 4.12. The van der Waals surface area contributed by atoms with Crippen LogP contribution in [-0.2, 0) is 7.05 Å². The maximum atomic E-state index is 5.02. The van der Waals surface area contributed by atoms with E-state index in [4.69, 9.17) is 19.9 Å². The second kappa shape index (κ2) is 9.40. The molecule has 0 fully saturated rings. The molecule has 9 heteroatoms. The molecule has 0 amide bonds. The first kappa shape index (κ1) is 24.3. The minimum atomic E-state index is 0.154. The van der Waals surface area contributed by atoms with Crippen molar-refractivity contribution in [2.24, 2.45) is 18.0 Å². The van der Waals surface area contributed by atoms with E-state index in [0.717, 1.165) is 39.5 Å². The molecule has 0 aliphatic carbocycles. The third-order valence-electron chi connectivity index (χ3n) is 5.66. The topological polar surface area (TPSA) is 91.6 Å². The van der Waals surface area contributed by atoms with Crippen LogP contribution in [0.25, 0.3) is 18.0 Å². The molecular formula is C26H33N9. The lowest BCUT2D eigenvalue weighted by Crippen LogP contribution is -2.21. The van der Waals surface area contributed by atoms with Gasteiger partial charge in [-0.1, -0.05) is 19.9 Å². The van der Waals surface area contributed by atoms with Crippen LogP contribution in [0.4, 0.5) is 0 Å². The Morgan fingerprint density at radius 3 is 1.80 bits per heavy atom. The van der Waals surface area contributed by atoms with E-state index < -0.39 is 0 Å². The average Bonchev–Trinajstić information content (AvgIpc) is 3.28.